The Morgan fingerprint density at radius 2 is 1.71 bits per heavy atom. The fourth-order valence-corrected chi connectivity index (χ4v) is 3.09. The Kier molecular flexibility index (Phi) is 5.28. The molecule has 0 spiro atoms. The highest BCUT2D eigenvalue weighted by Gasteiger charge is 2.30. The van der Waals surface area contributed by atoms with Crippen LogP contribution >= 0.6 is 11.6 Å². The lowest BCUT2D eigenvalue weighted by molar-refractivity contribution is 0.101. The summed E-state index contributed by atoms with van der Waals surface area (Å²) in [5.41, 5.74) is -0.0392. The summed E-state index contributed by atoms with van der Waals surface area (Å²) in [6.07, 6.45) is 0. The molecule has 0 atom stereocenters. The topological polar surface area (TPSA) is 64.4 Å². The van der Waals surface area contributed by atoms with Gasteiger partial charge in [-0.3, -0.25) is 4.79 Å². The molecule has 0 saturated heterocycles. The van der Waals surface area contributed by atoms with E-state index < -0.39 is 40.5 Å². The summed E-state index contributed by atoms with van der Waals surface area (Å²) in [6.45, 7) is 0. The molecule has 0 unspecified atom stereocenters. The molecule has 1 heterocycles. The van der Waals surface area contributed by atoms with Crippen LogP contribution in [0.25, 0.3) is 22.6 Å². The molecule has 0 bridgehead atoms. The van der Waals surface area contributed by atoms with Gasteiger partial charge in [-0.2, -0.15) is 8.78 Å². The van der Waals surface area contributed by atoms with E-state index in [9.17, 15) is 22.4 Å². The van der Waals surface area contributed by atoms with E-state index in [4.69, 9.17) is 16.0 Å². The number of halogens is 5. The molecule has 4 rings (SSSR count). The average molecular weight is 451 g/mol. The summed E-state index contributed by atoms with van der Waals surface area (Å²) in [4.78, 5) is 16.7. The van der Waals surface area contributed by atoms with Gasteiger partial charge in [-0.1, -0.05) is 23.7 Å². The summed E-state index contributed by atoms with van der Waals surface area (Å²) in [7, 11) is 0.831. The molecule has 0 saturated carbocycles. The van der Waals surface area contributed by atoms with Crippen molar-refractivity contribution in [1.29, 1.82) is 0 Å². The van der Waals surface area contributed by atoms with Gasteiger partial charge in [0.15, 0.2) is 23.0 Å². The number of nitrogens with zero attached hydrogens (tertiary/aromatic N) is 1. The highest BCUT2D eigenvalue weighted by molar-refractivity contribution is 6.34. The van der Waals surface area contributed by atoms with Gasteiger partial charge < -0.3 is 14.5 Å². The third-order valence-electron chi connectivity index (χ3n) is 4.41. The van der Waals surface area contributed by atoms with Crippen LogP contribution in [0.3, 0.4) is 0 Å². The lowest BCUT2D eigenvalue weighted by Crippen LogP contribution is -2.19. The van der Waals surface area contributed by atoms with Crippen molar-refractivity contribution in [3.63, 3.8) is 0 Å². The van der Waals surface area contributed by atoms with Crippen molar-refractivity contribution >= 4 is 34.3 Å². The largest absolute Gasteiger partial charge is 0.491 e. The summed E-state index contributed by atoms with van der Waals surface area (Å²) in [6, 6.07) is 11.3. The Balaban J connectivity index is 1.72. The molecule has 4 aromatic rings. The number of carbonyl (C=O) groups is 1. The number of fused-ring (bicyclic) bond motifs is 1. The van der Waals surface area contributed by atoms with Crippen molar-refractivity contribution in [2.45, 2.75) is 0 Å². The number of aromatic nitrogens is 1. The van der Waals surface area contributed by atoms with Crippen LogP contribution in [-0.2, 0) is 0 Å². The number of amides is 1. The number of methoxy groups -OCH3 is 1. The predicted octanol–water partition coefficient (Wildman–Crippen LogP) is 5.97. The van der Waals surface area contributed by atoms with Gasteiger partial charge in [0, 0.05) is 5.56 Å². The minimum absolute atomic E-state index is 0.00322. The number of hydrogen-bond donors (Lipinski definition) is 1. The third kappa shape index (κ3) is 3.57. The van der Waals surface area contributed by atoms with Gasteiger partial charge in [0.25, 0.3) is 5.91 Å². The van der Waals surface area contributed by atoms with Crippen molar-refractivity contribution < 1.29 is 31.5 Å². The van der Waals surface area contributed by atoms with Crippen LogP contribution in [-0.4, -0.2) is 18.0 Å². The molecule has 0 radical (unpaired) electrons. The molecule has 5 nitrogen and oxygen atoms in total. The third-order valence-corrected chi connectivity index (χ3v) is 4.74. The first kappa shape index (κ1) is 20.7. The van der Waals surface area contributed by atoms with Crippen molar-refractivity contribution in [3.8, 4) is 17.2 Å². The van der Waals surface area contributed by atoms with Crippen LogP contribution in [0, 0.1) is 23.3 Å². The quantitative estimate of drug-likeness (QED) is 0.307. The van der Waals surface area contributed by atoms with Crippen LogP contribution in [0.4, 0.5) is 23.2 Å². The second-order valence-electron chi connectivity index (χ2n) is 6.30. The van der Waals surface area contributed by atoms with Crippen LogP contribution in [0.2, 0.25) is 5.02 Å². The Bertz CT molecular complexity index is 1280. The summed E-state index contributed by atoms with van der Waals surface area (Å²) < 4.78 is 66.3. The molecule has 0 aliphatic rings. The number of carbonyl (C=O) groups excluding carboxylic acids is 1. The van der Waals surface area contributed by atoms with Crippen molar-refractivity contribution in [2.24, 2.45) is 0 Å². The van der Waals surface area contributed by atoms with Gasteiger partial charge in [-0.15, -0.1) is 0 Å². The molecule has 1 amide bonds. The molecular weight excluding hydrogens is 440 g/mol. The SMILES string of the molecule is COc1c(F)c(F)c(C(=O)Nc2cc(-c3nc4ccccc4o3)ccc2Cl)c(F)c1F. The van der Waals surface area contributed by atoms with E-state index >= 15 is 0 Å². The second kappa shape index (κ2) is 7.92. The van der Waals surface area contributed by atoms with Gasteiger partial charge in [0.1, 0.15) is 11.1 Å². The first-order chi connectivity index (χ1) is 14.8. The summed E-state index contributed by atoms with van der Waals surface area (Å²) in [5.74, 6) is -10.0. The van der Waals surface area contributed by atoms with Crippen molar-refractivity contribution in [3.05, 3.63) is 76.3 Å². The first-order valence-corrected chi connectivity index (χ1v) is 9.06. The average Bonchev–Trinajstić information content (AvgIpc) is 3.19. The van der Waals surface area contributed by atoms with Gasteiger partial charge in [-0.25, -0.2) is 13.8 Å². The molecule has 0 fully saturated rings. The van der Waals surface area contributed by atoms with Crippen LogP contribution < -0.4 is 10.1 Å². The smallest absolute Gasteiger partial charge is 0.261 e. The standard InChI is InChI=1S/C21H11ClF4N2O3/c1-30-19-17(25)15(23)14(16(24)18(19)26)20(29)27-12-8-9(6-7-10(12)22)21-28-11-4-2-3-5-13(11)31-21/h2-8H,1H3,(H,27,29). The fraction of sp³-hybridized carbons (Fsp3) is 0.0476. The van der Waals surface area contributed by atoms with E-state index in [1.807, 2.05) is 0 Å². The predicted molar refractivity (Wildman–Crippen MR) is 105 cm³/mol. The normalized spacial score (nSPS) is 11.0. The zero-order valence-electron chi connectivity index (χ0n) is 15.6. The van der Waals surface area contributed by atoms with Gasteiger partial charge in [-0.05, 0) is 30.3 Å². The van der Waals surface area contributed by atoms with Crippen molar-refractivity contribution in [1.82, 2.24) is 4.98 Å². The van der Waals surface area contributed by atoms with Crippen LogP contribution in [0.1, 0.15) is 10.4 Å². The molecular formula is C21H11ClF4N2O3. The molecule has 10 heteroatoms. The molecule has 158 valence electrons. The Labute approximate surface area is 177 Å². The number of anilines is 1. The van der Waals surface area contributed by atoms with Crippen LogP contribution in [0.15, 0.2) is 46.9 Å². The fourth-order valence-electron chi connectivity index (χ4n) is 2.92. The molecule has 0 aliphatic carbocycles. The number of ether oxygens (including phenoxy) is 1. The number of benzene rings is 3. The molecule has 1 N–H and O–H groups in total. The monoisotopic (exact) mass is 450 g/mol. The molecule has 1 aromatic heterocycles. The number of para-hydroxylation sites is 2. The lowest BCUT2D eigenvalue weighted by atomic mass is 10.1. The van der Waals surface area contributed by atoms with E-state index in [0.717, 1.165) is 7.11 Å². The van der Waals surface area contributed by atoms with E-state index in [-0.39, 0.29) is 16.6 Å². The minimum atomic E-state index is -1.90. The first-order valence-electron chi connectivity index (χ1n) is 8.68. The molecule has 3 aromatic carbocycles. The highest BCUT2D eigenvalue weighted by Crippen LogP contribution is 2.33. The maximum Gasteiger partial charge on any atom is 0.261 e. The number of rotatable bonds is 4. The van der Waals surface area contributed by atoms with E-state index in [1.165, 1.54) is 12.1 Å². The molecule has 31 heavy (non-hydrogen) atoms. The van der Waals surface area contributed by atoms with Crippen LogP contribution in [0.5, 0.6) is 5.75 Å². The number of hydrogen-bond acceptors (Lipinski definition) is 4. The lowest BCUT2D eigenvalue weighted by Gasteiger charge is -2.12. The van der Waals surface area contributed by atoms with Crippen molar-refractivity contribution in [2.75, 3.05) is 12.4 Å². The van der Waals surface area contributed by atoms with E-state index in [1.54, 1.807) is 30.3 Å². The minimum Gasteiger partial charge on any atom is -0.491 e. The zero-order chi connectivity index (χ0) is 22.3. The highest BCUT2D eigenvalue weighted by atomic mass is 35.5. The van der Waals surface area contributed by atoms with Gasteiger partial charge in [0.2, 0.25) is 17.5 Å². The van der Waals surface area contributed by atoms with Gasteiger partial charge in [0.05, 0.1) is 17.8 Å². The summed E-state index contributed by atoms with van der Waals surface area (Å²) in [5, 5.41) is 2.15. The van der Waals surface area contributed by atoms with Gasteiger partial charge >= 0.3 is 0 Å². The summed E-state index contributed by atoms with van der Waals surface area (Å²) >= 11 is 6.06. The zero-order valence-corrected chi connectivity index (χ0v) is 16.4. The van der Waals surface area contributed by atoms with E-state index in [2.05, 4.69) is 15.0 Å². The maximum absolute atomic E-state index is 14.2. The second-order valence-corrected chi connectivity index (χ2v) is 6.71. The Hall–Kier alpha value is -3.59. The Morgan fingerprint density at radius 1 is 1.03 bits per heavy atom. The Morgan fingerprint density at radius 3 is 2.35 bits per heavy atom. The number of oxazole rings is 1. The molecule has 0 aliphatic heterocycles. The van der Waals surface area contributed by atoms with E-state index in [0.29, 0.717) is 16.7 Å². The maximum atomic E-state index is 14.2. The number of nitrogens with one attached hydrogen (secondary N) is 1.